The number of hydrogen-bond acceptors (Lipinski definition) is 1. The predicted molar refractivity (Wildman–Crippen MR) is 45.2 cm³/mol. The number of rotatable bonds is 2. The second kappa shape index (κ2) is 2.84. The lowest BCUT2D eigenvalue weighted by atomic mass is 9.83. The summed E-state index contributed by atoms with van der Waals surface area (Å²) in [6, 6.07) is 0. The molecule has 1 rings (SSSR count). The van der Waals surface area contributed by atoms with Crippen LogP contribution >= 0.6 is 0 Å². The first-order valence-corrected chi connectivity index (χ1v) is 4.42. The van der Waals surface area contributed by atoms with E-state index in [4.69, 9.17) is 0 Å². The molecule has 0 aromatic carbocycles. The highest BCUT2D eigenvalue weighted by atomic mass is 16.2. The van der Waals surface area contributed by atoms with E-state index >= 15 is 0 Å². The summed E-state index contributed by atoms with van der Waals surface area (Å²) in [7, 11) is 0. The summed E-state index contributed by atoms with van der Waals surface area (Å²) in [5.74, 6) is 0.777. The third-order valence-electron chi connectivity index (χ3n) is 2.92. The van der Waals surface area contributed by atoms with Crippen LogP contribution in [0.5, 0.6) is 0 Å². The van der Waals surface area contributed by atoms with Gasteiger partial charge in [-0.25, -0.2) is 0 Å². The quantitative estimate of drug-likeness (QED) is 0.646. The molecule has 1 N–H and O–H groups in total. The SMILES string of the molecule is CCC1(C(C)C)CCC(=O)N1. The van der Waals surface area contributed by atoms with Crippen molar-refractivity contribution in [3.05, 3.63) is 0 Å². The number of carbonyl (C=O) groups is 1. The van der Waals surface area contributed by atoms with Crippen LogP contribution in [0.2, 0.25) is 0 Å². The predicted octanol–water partition coefficient (Wildman–Crippen LogP) is 1.70. The molecule has 1 atom stereocenters. The third kappa shape index (κ3) is 1.39. The molecule has 11 heavy (non-hydrogen) atoms. The van der Waals surface area contributed by atoms with Gasteiger partial charge < -0.3 is 5.32 Å². The lowest BCUT2D eigenvalue weighted by Crippen LogP contribution is -2.45. The zero-order valence-corrected chi connectivity index (χ0v) is 7.61. The maximum Gasteiger partial charge on any atom is 0.220 e. The van der Waals surface area contributed by atoms with E-state index in [0.717, 1.165) is 12.8 Å². The lowest BCUT2D eigenvalue weighted by molar-refractivity contribution is -0.120. The average molecular weight is 155 g/mol. The molecule has 2 nitrogen and oxygen atoms in total. The van der Waals surface area contributed by atoms with Crippen molar-refractivity contribution in [1.82, 2.24) is 5.32 Å². The van der Waals surface area contributed by atoms with E-state index in [-0.39, 0.29) is 11.4 Å². The monoisotopic (exact) mass is 155 g/mol. The zero-order chi connectivity index (χ0) is 8.48. The molecule has 2 heteroatoms. The van der Waals surface area contributed by atoms with Crippen molar-refractivity contribution in [2.75, 3.05) is 0 Å². The summed E-state index contributed by atoms with van der Waals surface area (Å²) < 4.78 is 0. The lowest BCUT2D eigenvalue weighted by Gasteiger charge is -2.32. The Morgan fingerprint density at radius 3 is 2.45 bits per heavy atom. The molecule has 1 aliphatic heterocycles. The summed E-state index contributed by atoms with van der Waals surface area (Å²) >= 11 is 0. The van der Waals surface area contributed by atoms with Crippen LogP contribution in [0.3, 0.4) is 0 Å². The molecule has 0 spiro atoms. The van der Waals surface area contributed by atoms with Crippen LogP contribution in [-0.4, -0.2) is 11.4 Å². The summed E-state index contributed by atoms with van der Waals surface area (Å²) in [6.07, 6.45) is 2.78. The molecule has 0 aliphatic carbocycles. The van der Waals surface area contributed by atoms with Crippen molar-refractivity contribution in [2.24, 2.45) is 5.92 Å². The number of amides is 1. The van der Waals surface area contributed by atoms with Crippen molar-refractivity contribution in [1.29, 1.82) is 0 Å². The van der Waals surface area contributed by atoms with E-state index in [1.54, 1.807) is 0 Å². The topological polar surface area (TPSA) is 29.1 Å². The average Bonchev–Trinajstić information content (AvgIpc) is 2.33. The Morgan fingerprint density at radius 2 is 2.27 bits per heavy atom. The van der Waals surface area contributed by atoms with Crippen LogP contribution in [0, 0.1) is 5.92 Å². The van der Waals surface area contributed by atoms with Gasteiger partial charge in [-0.1, -0.05) is 20.8 Å². The first kappa shape index (κ1) is 8.57. The molecule has 1 amide bonds. The van der Waals surface area contributed by atoms with Gasteiger partial charge in [0.1, 0.15) is 0 Å². The van der Waals surface area contributed by atoms with Crippen LogP contribution in [0.25, 0.3) is 0 Å². The van der Waals surface area contributed by atoms with Gasteiger partial charge in [0.15, 0.2) is 0 Å². The Bertz CT molecular complexity index is 165. The minimum atomic E-state index is 0.108. The minimum Gasteiger partial charge on any atom is -0.350 e. The smallest absolute Gasteiger partial charge is 0.220 e. The first-order valence-electron chi connectivity index (χ1n) is 4.42. The van der Waals surface area contributed by atoms with Gasteiger partial charge in [-0.05, 0) is 18.8 Å². The van der Waals surface area contributed by atoms with Crippen LogP contribution in [0.1, 0.15) is 40.0 Å². The van der Waals surface area contributed by atoms with Gasteiger partial charge in [0.2, 0.25) is 5.91 Å². The van der Waals surface area contributed by atoms with E-state index in [0.29, 0.717) is 12.3 Å². The Balaban J connectivity index is 2.70. The van der Waals surface area contributed by atoms with Crippen LogP contribution < -0.4 is 5.32 Å². The summed E-state index contributed by atoms with van der Waals surface area (Å²) in [6.45, 7) is 6.50. The second-order valence-corrected chi connectivity index (χ2v) is 3.71. The molecule has 64 valence electrons. The standard InChI is InChI=1S/C9H17NO/c1-4-9(7(2)3)6-5-8(11)10-9/h7H,4-6H2,1-3H3,(H,10,11). The fourth-order valence-corrected chi connectivity index (χ4v) is 1.85. The summed E-state index contributed by atoms with van der Waals surface area (Å²) in [4.78, 5) is 11.0. The van der Waals surface area contributed by atoms with Crippen molar-refractivity contribution < 1.29 is 4.79 Å². The van der Waals surface area contributed by atoms with Gasteiger partial charge in [-0.15, -0.1) is 0 Å². The van der Waals surface area contributed by atoms with Crippen LogP contribution in [0.15, 0.2) is 0 Å². The highest BCUT2D eigenvalue weighted by Crippen LogP contribution is 2.30. The number of nitrogens with one attached hydrogen (secondary N) is 1. The molecule has 1 unspecified atom stereocenters. The van der Waals surface area contributed by atoms with Gasteiger partial charge in [-0.3, -0.25) is 4.79 Å². The molecule has 1 aliphatic rings. The van der Waals surface area contributed by atoms with Gasteiger partial charge >= 0.3 is 0 Å². The molecule has 1 heterocycles. The normalized spacial score (nSPS) is 31.1. The maximum absolute atomic E-state index is 11.0. The first-order chi connectivity index (χ1) is 5.10. The summed E-state index contributed by atoms with van der Waals surface area (Å²) in [5.41, 5.74) is 0.108. The van der Waals surface area contributed by atoms with Crippen molar-refractivity contribution in [3.8, 4) is 0 Å². The largest absolute Gasteiger partial charge is 0.350 e. The van der Waals surface area contributed by atoms with E-state index in [1.807, 2.05) is 0 Å². The van der Waals surface area contributed by atoms with Crippen molar-refractivity contribution in [2.45, 2.75) is 45.6 Å². The molecule has 1 saturated heterocycles. The highest BCUT2D eigenvalue weighted by molar-refractivity contribution is 5.79. The molecule has 0 saturated carbocycles. The van der Waals surface area contributed by atoms with Crippen LogP contribution in [-0.2, 0) is 4.79 Å². The Hall–Kier alpha value is -0.530. The van der Waals surface area contributed by atoms with E-state index in [2.05, 4.69) is 26.1 Å². The van der Waals surface area contributed by atoms with Gasteiger partial charge in [0, 0.05) is 12.0 Å². The van der Waals surface area contributed by atoms with Crippen molar-refractivity contribution in [3.63, 3.8) is 0 Å². The van der Waals surface area contributed by atoms with Gasteiger partial charge in [0.25, 0.3) is 0 Å². The highest BCUT2D eigenvalue weighted by Gasteiger charge is 2.38. The Kier molecular flexibility index (Phi) is 2.21. The minimum absolute atomic E-state index is 0.108. The second-order valence-electron chi connectivity index (χ2n) is 3.71. The number of hydrogen-bond donors (Lipinski definition) is 1. The van der Waals surface area contributed by atoms with Gasteiger partial charge in [0.05, 0.1) is 0 Å². The molecule has 0 aromatic heterocycles. The van der Waals surface area contributed by atoms with Crippen molar-refractivity contribution >= 4 is 5.91 Å². The Labute approximate surface area is 68.4 Å². The maximum atomic E-state index is 11.0. The molecular formula is C9H17NO. The van der Waals surface area contributed by atoms with E-state index in [9.17, 15) is 4.79 Å². The van der Waals surface area contributed by atoms with E-state index < -0.39 is 0 Å². The number of carbonyl (C=O) groups excluding carboxylic acids is 1. The molecular weight excluding hydrogens is 138 g/mol. The molecule has 0 aromatic rings. The fourth-order valence-electron chi connectivity index (χ4n) is 1.85. The molecule has 0 bridgehead atoms. The Morgan fingerprint density at radius 1 is 1.64 bits per heavy atom. The zero-order valence-electron chi connectivity index (χ0n) is 7.61. The summed E-state index contributed by atoms with van der Waals surface area (Å²) in [5, 5.41) is 3.08. The van der Waals surface area contributed by atoms with Crippen LogP contribution in [0.4, 0.5) is 0 Å². The van der Waals surface area contributed by atoms with Gasteiger partial charge in [-0.2, -0.15) is 0 Å². The molecule has 1 fully saturated rings. The third-order valence-corrected chi connectivity index (χ3v) is 2.92. The molecule has 0 radical (unpaired) electrons. The fraction of sp³-hybridized carbons (Fsp3) is 0.889. The van der Waals surface area contributed by atoms with E-state index in [1.165, 1.54) is 0 Å².